The second-order valence-electron chi connectivity index (χ2n) is 6.92. The van der Waals surface area contributed by atoms with Crippen molar-refractivity contribution >= 4 is 34.9 Å². The van der Waals surface area contributed by atoms with E-state index < -0.39 is 5.97 Å². The normalized spacial score (nSPS) is 12.9. The van der Waals surface area contributed by atoms with E-state index in [1.807, 2.05) is 12.1 Å². The average Bonchev–Trinajstić information content (AvgIpc) is 2.69. The molecule has 0 spiro atoms. The van der Waals surface area contributed by atoms with Crippen molar-refractivity contribution in [2.24, 2.45) is 0 Å². The number of hydrogen-bond donors (Lipinski definition) is 1. The van der Waals surface area contributed by atoms with Crippen LogP contribution in [0.1, 0.15) is 32.6 Å². The molecule has 0 aromatic heterocycles. The molecule has 0 unspecified atom stereocenters. The van der Waals surface area contributed by atoms with Crippen molar-refractivity contribution in [3.63, 3.8) is 0 Å². The first-order chi connectivity index (χ1) is 14.0. The Morgan fingerprint density at radius 1 is 1.17 bits per heavy atom. The number of carbonyl (C=O) groups excluding carboxylic acids is 2. The van der Waals surface area contributed by atoms with Crippen LogP contribution in [-0.4, -0.2) is 31.6 Å². The highest BCUT2D eigenvalue weighted by Crippen LogP contribution is 2.34. The number of anilines is 2. The lowest BCUT2D eigenvalue weighted by Crippen LogP contribution is -2.41. The predicted octanol–water partition coefficient (Wildman–Crippen LogP) is 4.66. The molecule has 1 aliphatic heterocycles. The van der Waals surface area contributed by atoms with E-state index in [2.05, 4.69) is 12.2 Å². The van der Waals surface area contributed by atoms with Gasteiger partial charge in [-0.15, -0.1) is 0 Å². The molecule has 0 atom stereocenters. The van der Waals surface area contributed by atoms with Crippen LogP contribution in [-0.2, 0) is 9.59 Å². The van der Waals surface area contributed by atoms with Crippen molar-refractivity contribution in [3.8, 4) is 11.5 Å². The summed E-state index contributed by atoms with van der Waals surface area (Å²) in [7, 11) is 0. The number of hydrogen-bond acceptors (Lipinski definition) is 5. The number of esters is 1. The molecule has 0 saturated carbocycles. The van der Waals surface area contributed by atoms with Crippen LogP contribution in [0.3, 0.4) is 0 Å². The first-order valence-corrected chi connectivity index (χ1v) is 10.2. The summed E-state index contributed by atoms with van der Waals surface area (Å²) in [6, 6.07) is 12.2. The van der Waals surface area contributed by atoms with Crippen LogP contribution in [0.4, 0.5) is 11.4 Å². The Hall–Kier alpha value is -2.73. The van der Waals surface area contributed by atoms with Gasteiger partial charge in [-0.2, -0.15) is 0 Å². The first-order valence-electron chi connectivity index (χ1n) is 9.83. The summed E-state index contributed by atoms with van der Waals surface area (Å²) in [6.45, 7) is 2.88. The zero-order valence-corrected chi connectivity index (χ0v) is 17.2. The van der Waals surface area contributed by atoms with E-state index in [1.54, 1.807) is 35.2 Å². The molecule has 0 aliphatic carbocycles. The molecule has 0 fully saturated rings. The fourth-order valence-corrected chi connectivity index (χ4v) is 3.25. The minimum absolute atomic E-state index is 0.00836. The standard InChI is InChI=1S/C22H25ClN2O4/c1-2-3-4-5-12-28-18-9-7-17(8-10-18)24-21(26)14-25-15-22(27)29-20-11-6-16(23)13-19(20)25/h6-11,13H,2-5,12,14-15H2,1H3,(H,24,26). The van der Waals surface area contributed by atoms with Crippen molar-refractivity contribution in [1.29, 1.82) is 0 Å². The van der Waals surface area contributed by atoms with Crippen molar-refractivity contribution in [2.45, 2.75) is 32.6 Å². The molecule has 154 valence electrons. The van der Waals surface area contributed by atoms with Gasteiger partial charge in [-0.25, -0.2) is 4.79 Å². The van der Waals surface area contributed by atoms with Gasteiger partial charge in [0, 0.05) is 10.7 Å². The van der Waals surface area contributed by atoms with E-state index in [-0.39, 0.29) is 19.0 Å². The first kappa shape index (κ1) is 21.0. The topological polar surface area (TPSA) is 67.9 Å². The Balaban J connectivity index is 1.53. The summed E-state index contributed by atoms with van der Waals surface area (Å²) in [6.07, 6.45) is 4.63. The number of benzene rings is 2. The minimum Gasteiger partial charge on any atom is -0.494 e. The summed E-state index contributed by atoms with van der Waals surface area (Å²) < 4.78 is 10.9. The third-order valence-corrected chi connectivity index (χ3v) is 4.78. The lowest BCUT2D eigenvalue weighted by Gasteiger charge is -2.29. The Kier molecular flexibility index (Phi) is 7.36. The maximum absolute atomic E-state index is 12.5. The fourth-order valence-electron chi connectivity index (χ4n) is 3.09. The van der Waals surface area contributed by atoms with E-state index in [9.17, 15) is 9.59 Å². The highest BCUT2D eigenvalue weighted by atomic mass is 35.5. The molecule has 0 bridgehead atoms. The molecule has 1 heterocycles. The van der Waals surface area contributed by atoms with Gasteiger partial charge >= 0.3 is 5.97 Å². The zero-order chi connectivity index (χ0) is 20.6. The van der Waals surface area contributed by atoms with Crippen LogP contribution in [0.2, 0.25) is 5.02 Å². The highest BCUT2D eigenvalue weighted by molar-refractivity contribution is 6.31. The molecule has 0 saturated heterocycles. The van der Waals surface area contributed by atoms with Gasteiger partial charge < -0.3 is 19.7 Å². The molecule has 1 aliphatic rings. The van der Waals surface area contributed by atoms with Gasteiger partial charge in [0.2, 0.25) is 5.91 Å². The zero-order valence-electron chi connectivity index (χ0n) is 16.4. The number of nitrogens with one attached hydrogen (secondary N) is 1. The second-order valence-corrected chi connectivity index (χ2v) is 7.36. The van der Waals surface area contributed by atoms with Crippen LogP contribution >= 0.6 is 11.6 Å². The number of unbranched alkanes of at least 4 members (excludes halogenated alkanes) is 3. The average molecular weight is 417 g/mol. The van der Waals surface area contributed by atoms with Crippen molar-refractivity contribution < 1.29 is 19.1 Å². The van der Waals surface area contributed by atoms with Crippen LogP contribution < -0.4 is 19.7 Å². The Labute approximate surface area is 175 Å². The van der Waals surface area contributed by atoms with Gasteiger partial charge in [-0.1, -0.05) is 37.8 Å². The Bertz CT molecular complexity index is 854. The molecule has 29 heavy (non-hydrogen) atoms. The minimum atomic E-state index is -0.409. The number of carbonyl (C=O) groups is 2. The SMILES string of the molecule is CCCCCCOc1ccc(NC(=O)CN2CC(=O)Oc3ccc(Cl)cc32)cc1. The van der Waals surface area contributed by atoms with E-state index in [1.165, 1.54) is 19.3 Å². The summed E-state index contributed by atoms with van der Waals surface area (Å²) in [5, 5.41) is 3.35. The van der Waals surface area contributed by atoms with E-state index in [0.29, 0.717) is 28.8 Å². The van der Waals surface area contributed by atoms with Gasteiger partial charge in [0.25, 0.3) is 0 Å². The molecule has 3 rings (SSSR count). The molecule has 2 aromatic rings. The highest BCUT2D eigenvalue weighted by Gasteiger charge is 2.26. The van der Waals surface area contributed by atoms with E-state index in [4.69, 9.17) is 21.1 Å². The monoisotopic (exact) mass is 416 g/mol. The quantitative estimate of drug-likeness (QED) is 0.365. The molecule has 0 radical (unpaired) electrons. The molecular formula is C22H25ClN2O4. The summed E-state index contributed by atoms with van der Waals surface area (Å²) >= 11 is 6.04. The fraction of sp³-hybridized carbons (Fsp3) is 0.364. The Morgan fingerprint density at radius 3 is 2.72 bits per heavy atom. The number of ether oxygens (including phenoxy) is 2. The van der Waals surface area contributed by atoms with Crippen molar-refractivity contribution in [3.05, 3.63) is 47.5 Å². The lowest BCUT2D eigenvalue weighted by molar-refractivity contribution is -0.133. The van der Waals surface area contributed by atoms with Crippen LogP contribution in [0.25, 0.3) is 0 Å². The van der Waals surface area contributed by atoms with Gasteiger partial charge in [-0.05, 0) is 48.9 Å². The van der Waals surface area contributed by atoms with Crippen LogP contribution in [0, 0.1) is 0 Å². The van der Waals surface area contributed by atoms with Gasteiger partial charge in [0.1, 0.15) is 12.3 Å². The summed E-state index contributed by atoms with van der Waals surface area (Å²) in [5.41, 5.74) is 1.29. The Morgan fingerprint density at radius 2 is 1.97 bits per heavy atom. The maximum atomic E-state index is 12.5. The van der Waals surface area contributed by atoms with E-state index >= 15 is 0 Å². The molecule has 2 aromatic carbocycles. The number of fused-ring (bicyclic) bond motifs is 1. The molecule has 6 nitrogen and oxygen atoms in total. The third kappa shape index (κ3) is 6.12. The molecule has 1 amide bonds. The lowest BCUT2D eigenvalue weighted by atomic mass is 10.2. The number of amides is 1. The molecule has 1 N–H and O–H groups in total. The smallest absolute Gasteiger partial charge is 0.331 e. The van der Waals surface area contributed by atoms with Crippen LogP contribution in [0.5, 0.6) is 11.5 Å². The molecule has 7 heteroatoms. The van der Waals surface area contributed by atoms with Gasteiger partial charge in [-0.3, -0.25) is 4.79 Å². The maximum Gasteiger partial charge on any atom is 0.331 e. The largest absolute Gasteiger partial charge is 0.494 e. The van der Waals surface area contributed by atoms with Crippen molar-refractivity contribution in [1.82, 2.24) is 0 Å². The number of rotatable bonds is 9. The summed E-state index contributed by atoms with van der Waals surface area (Å²) in [4.78, 5) is 25.9. The molecular weight excluding hydrogens is 392 g/mol. The van der Waals surface area contributed by atoms with E-state index in [0.717, 1.165) is 12.2 Å². The summed E-state index contributed by atoms with van der Waals surface area (Å²) in [5.74, 6) is 0.535. The third-order valence-electron chi connectivity index (χ3n) is 4.54. The number of nitrogens with zero attached hydrogens (tertiary/aromatic N) is 1. The van der Waals surface area contributed by atoms with Crippen molar-refractivity contribution in [2.75, 3.05) is 29.9 Å². The number of halogens is 1. The van der Waals surface area contributed by atoms with Gasteiger partial charge in [0.15, 0.2) is 5.75 Å². The van der Waals surface area contributed by atoms with Gasteiger partial charge in [0.05, 0.1) is 18.8 Å². The predicted molar refractivity (Wildman–Crippen MR) is 114 cm³/mol. The second kappa shape index (κ2) is 10.2. The van der Waals surface area contributed by atoms with Crippen LogP contribution in [0.15, 0.2) is 42.5 Å².